The van der Waals surface area contributed by atoms with Crippen molar-refractivity contribution in [2.75, 3.05) is 11.9 Å². The van der Waals surface area contributed by atoms with Crippen LogP contribution < -0.4 is 15.6 Å². The van der Waals surface area contributed by atoms with E-state index in [1.807, 2.05) is 13.8 Å². The highest BCUT2D eigenvalue weighted by Crippen LogP contribution is 2.43. The third-order valence-electron chi connectivity index (χ3n) is 5.21. The summed E-state index contributed by atoms with van der Waals surface area (Å²) < 4.78 is 43.0. The van der Waals surface area contributed by atoms with Crippen molar-refractivity contribution >= 4 is 37.4 Å². The SMILES string of the molecule is CC(C)CCNc1cc2c(F)c(C3=CC(=O)NS3(=O)=O)c(O)c3c2n(c1=O)CC3. The molecule has 4 rings (SSSR count). The van der Waals surface area contributed by atoms with Crippen LogP contribution in [-0.2, 0) is 27.8 Å². The number of halogens is 1. The number of sulfonamides is 1. The minimum absolute atomic E-state index is 0.0207. The largest absolute Gasteiger partial charge is 0.507 e. The van der Waals surface area contributed by atoms with Crippen LogP contribution in [0.5, 0.6) is 5.75 Å². The lowest BCUT2D eigenvalue weighted by Gasteiger charge is -2.15. The van der Waals surface area contributed by atoms with Gasteiger partial charge in [-0.15, -0.1) is 0 Å². The molecule has 3 N–H and O–H groups in total. The molecule has 10 heteroatoms. The second kappa shape index (κ2) is 6.58. The molecular weight excluding hydrogens is 401 g/mol. The number of rotatable bonds is 5. The Morgan fingerprint density at radius 3 is 2.69 bits per heavy atom. The van der Waals surface area contributed by atoms with Gasteiger partial charge in [0.1, 0.15) is 22.2 Å². The van der Waals surface area contributed by atoms with Gasteiger partial charge >= 0.3 is 0 Å². The fourth-order valence-corrected chi connectivity index (χ4v) is 4.95. The molecule has 0 spiro atoms. The van der Waals surface area contributed by atoms with Crippen LogP contribution in [0.25, 0.3) is 15.8 Å². The van der Waals surface area contributed by atoms with Crippen molar-refractivity contribution in [3.63, 3.8) is 0 Å². The third kappa shape index (κ3) is 2.98. The molecule has 2 aliphatic heterocycles. The van der Waals surface area contributed by atoms with Gasteiger partial charge in [0.05, 0.1) is 11.1 Å². The Morgan fingerprint density at radius 1 is 1.34 bits per heavy atom. The van der Waals surface area contributed by atoms with Gasteiger partial charge in [0.15, 0.2) is 0 Å². The Bertz CT molecular complexity index is 1260. The predicted octanol–water partition coefficient (Wildman–Crippen LogP) is 1.66. The average molecular weight is 421 g/mol. The first-order valence-corrected chi connectivity index (χ1v) is 10.7. The summed E-state index contributed by atoms with van der Waals surface area (Å²) in [6, 6.07) is 1.35. The van der Waals surface area contributed by atoms with Gasteiger partial charge in [0.25, 0.3) is 21.5 Å². The summed E-state index contributed by atoms with van der Waals surface area (Å²) in [5, 5.41) is 13.7. The standard InChI is InChI=1S/C19H20FN3O5S/c1-9(2)3-5-21-12-7-11-16(20)15(13-8-14(24)22-29(13,27)28)18(25)10-4-6-23(17(10)11)19(12)26/h7-9,21,25H,3-6H2,1-2H3,(H,22,24). The molecule has 29 heavy (non-hydrogen) atoms. The van der Waals surface area contributed by atoms with E-state index in [2.05, 4.69) is 5.32 Å². The number of aromatic nitrogens is 1. The van der Waals surface area contributed by atoms with Gasteiger partial charge in [0.2, 0.25) is 0 Å². The lowest BCUT2D eigenvalue weighted by Crippen LogP contribution is -2.23. The summed E-state index contributed by atoms with van der Waals surface area (Å²) in [5.41, 5.74) is -0.127. The van der Waals surface area contributed by atoms with E-state index < -0.39 is 38.0 Å². The molecule has 0 saturated carbocycles. The predicted molar refractivity (Wildman–Crippen MR) is 107 cm³/mol. The molecule has 0 fully saturated rings. The second-order valence-electron chi connectivity index (χ2n) is 7.63. The van der Waals surface area contributed by atoms with E-state index in [4.69, 9.17) is 0 Å². The molecule has 8 nitrogen and oxygen atoms in total. The van der Waals surface area contributed by atoms with Crippen LogP contribution in [0.4, 0.5) is 10.1 Å². The van der Waals surface area contributed by atoms with Gasteiger partial charge in [-0.25, -0.2) is 17.5 Å². The number of phenols is 1. The Labute approximate surface area is 166 Å². The first-order chi connectivity index (χ1) is 13.6. The minimum Gasteiger partial charge on any atom is -0.507 e. The number of benzene rings is 1. The smallest absolute Gasteiger partial charge is 0.274 e. The van der Waals surface area contributed by atoms with E-state index in [-0.39, 0.29) is 40.7 Å². The molecule has 1 amide bonds. The summed E-state index contributed by atoms with van der Waals surface area (Å²) in [6.07, 6.45) is 1.80. The molecule has 0 bridgehead atoms. The number of amides is 1. The Morgan fingerprint density at radius 2 is 2.07 bits per heavy atom. The van der Waals surface area contributed by atoms with Crippen LogP contribution in [0, 0.1) is 11.7 Å². The Hall–Kier alpha value is -2.88. The number of carbonyl (C=O) groups is 1. The number of nitrogens with one attached hydrogen (secondary N) is 2. The van der Waals surface area contributed by atoms with Gasteiger partial charge in [0, 0.05) is 30.1 Å². The summed E-state index contributed by atoms with van der Waals surface area (Å²) in [6.45, 7) is 4.85. The number of hydrogen-bond donors (Lipinski definition) is 3. The zero-order valence-corrected chi connectivity index (χ0v) is 16.7. The Balaban J connectivity index is 1.96. The number of anilines is 1. The van der Waals surface area contributed by atoms with E-state index in [1.165, 1.54) is 10.6 Å². The highest BCUT2D eigenvalue weighted by atomic mass is 32.2. The van der Waals surface area contributed by atoms with Crippen molar-refractivity contribution in [1.82, 2.24) is 9.29 Å². The lowest BCUT2D eigenvalue weighted by atomic mass is 10.0. The maximum Gasteiger partial charge on any atom is 0.274 e. The van der Waals surface area contributed by atoms with E-state index in [9.17, 15) is 23.1 Å². The van der Waals surface area contributed by atoms with Crippen LogP contribution >= 0.6 is 0 Å². The highest BCUT2D eigenvalue weighted by Gasteiger charge is 2.36. The van der Waals surface area contributed by atoms with Crippen molar-refractivity contribution in [2.45, 2.75) is 33.2 Å². The number of nitrogens with zero attached hydrogens (tertiary/aromatic N) is 1. The quantitative estimate of drug-likeness (QED) is 0.676. The van der Waals surface area contributed by atoms with E-state index in [1.54, 1.807) is 4.72 Å². The van der Waals surface area contributed by atoms with Crippen molar-refractivity contribution in [3.05, 3.63) is 39.4 Å². The first-order valence-electron chi connectivity index (χ1n) is 9.25. The van der Waals surface area contributed by atoms with Crippen LogP contribution in [0.15, 0.2) is 16.9 Å². The van der Waals surface area contributed by atoms with E-state index in [0.29, 0.717) is 12.5 Å². The van der Waals surface area contributed by atoms with Crippen LogP contribution in [0.2, 0.25) is 0 Å². The molecule has 1 aromatic carbocycles. The normalized spacial score (nSPS) is 17.1. The zero-order valence-electron chi connectivity index (χ0n) is 15.9. The molecule has 154 valence electrons. The number of aryl methyl sites for hydroxylation is 2. The number of phenolic OH excluding ortho intramolecular Hbond substituents is 1. The molecule has 1 aromatic heterocycles. The molecule has 2 aliphatic rings. The molecular formula is C19H20FN3O5S. The number of aromatic hydroxyl groups is 1. The maximum atomic E-state index is 15.5. The van der Waals surface area contributed by atoms with E-state index in [0.717, 1.165) is 12.5 Å². The molecule has 0 saturated heterocycles. The van der Waals surface area contributed by atoms with E-state index >= 15 is 4.39 Å². The summed E-state index contributed by atoms with van der Waals surface area (Å²) in [4.78, 5) is 23.7. The van der Waals surface area contributed by atoms with Crippen LogP contribution in [-0.4, -0.2) is 30.5 Å². The number of carbonyl (C=O) groups excluding carboxylic acids is 1. The lowest BCUT2D eigenvalue weighted by molar-refractivity contribution is -0.114. The van der Waals surface area contributed by atoms with Crippen LogP contribution in [0.3, 0.4) is 0 Å². The van der Waals surface area contributed by atoms with Gasteiger partial charge in [-0.3, -0.25) is 9.59 Å². The highest BCUT2D eigenvalue weighted by molar-refractivity contribution is 8.00. The summed E-state index contributed by atoms with van der Waals surface area (Å²) >= 11 is 0. The topological polar surface area (TPSA) is 118 Å². The fourth-order valence-electron chi connectivity index (χ4n) is 3.80. The van der Waals surface area contributed by atoms with Gasteiger partial charge < -0.3 is 15.0 Å². The zero-order chi connectivity index (χ0) is 21.1. The van der Waals surface area contributed by atoms with Crippen molar-refractivity contribution < 1.29 is 22.7 Å². The van der Waals surface area contributed by atoms with Crippen LogP contribution in [0.1, 0.15) is 31.4 Å². The molecule has 0 unspecified atom stereocenters. The van der Waals surface area contributed by atoms with Crippen molar-refractivity contribution in [2.24, 2.45) is 5.92 Å². The summed E-state index contributed by atoms with van der Waals surface area (Å²) in [7, 11) is -4.28. The average Bonchev–Trinajstić information content (AvgIpc) is 3.17. The number of pyridine rings is 1. The first kappa shape index (κ1) is 19.4. The minimum atomic E-state index is -4.28. The fraction of sp³-hybridized carbons (Fsp3) is 0.368. The number of hydrogen-bond acceptors (Lipinski definition) is 6. The van der Waals surface area contributed by atoms with Gasteiger partial charge in [-0.2, -0.15) is 0 Å². The monoisotopic (exact) mass is 421 g/mol. The van der Waals surface area contributed by atoms with Gasteiger partial charge in [-0.05, 0) is 24.8 Å². The molecule has 3 heterocycles. The summed E-state index contributed by atoms with van der Waals surface area (Å²) in [5.74, 6) is -2.05. The molecule has 2 aromatic rings. The third-order valence-corrected chi connectivity index (χ3v) is 6.58. The Kier molecular flexibility index (Phi) is 4.41. The van der Waals surface area contributed by atoms with Crippen molar-refractivity contribution in [1.29, 1.82) is 0 Å². The molecule has 0 aliphatic carbocycles. The molecule has 0 radical (unpaired) electrons. The molecule has 0 atom stereocenters. The van der Waals surface area contributed by atoms with Gasteiger partial charge in [-0.1, -0.05) is 13.8 Å². The van der Waals surface area contributed by atoms with Crippen molar-refractivity contribution in [3.8, 4) is 5.75 Å². The second-order valence-corrected chi connectivity index (χ2v) is 9.28. The maximum absolute atomic E-state index is 15.5.